The van der Waals surface area contributed by atoms with Gasteiger partial charge in [0.15, 0.2) is 0 Å². The van der Waals surface area contributed by atoms with Gasteiger partial charge in [-0.25, -0.2) is 0 Å². The largest absolute Gasteiger partial charge is 0.0669 e. The predicted octanol–water partition coefficient (Wildman–Crippen LogP) is 6.11. The van der Waals surface area contributed by atoms with E-state index in [0.29, 0.717) is 11.8 Å². The van der Waals surface area contributed by atoms with Gasteiger partial charge < -0.3 is 0 Å². The average molecular weight is 288 g/mol. The molecule has 0 N–H and O–H groups in total. The van der Waals surface area contributed by atoms with Crippen molar-refractivity contribution in [2.75, 3.05) is 0 Å². The molecule has 0 aromatic heterocycles. The molecule has 2 unspecified atom stereocenters. The molecular weight excluding hydrogens is 264 g/mol. The third-order valence-electron chi connectivity index (χ3n) is 5.27. The molecule has 0 spiro atoms. The van der Waals surface area contributed by atoms with E-state index >= 15 is 0 Å². The average Bonchev–Trinajstić information content (AvgIpc) is 2.75. The first-order valence-corrected chi connectivity index (χ1v) is 8.13. The fraction of sp³-hybridized carbons (Fsp3) is 0.273. The van der Waals surface area contributed by atoms with E-state index in [-0.39, 0.29) is 0 Å². The first-order chi connectivity index (χ1) is 10.6. The van der Waals surface area contributed by atoms with E-state index in [1.54, 1.807) is 5.57 Å². The van der Waals surface area contributed by atoms with Gasteiger partial charge in [0.1, 0.15) is 0 Å². The van der Waals surface area contributed by atoms with Crippen molar-refractivity contribution in [2.45, 2.75) is 27.7 Å². The summed E-state index contributed by atoms with van der Waals surface area (Å²) in [6.07, 6.45) is 0. The molecule has 0 amide bonds. The molecule has 0 aliphatic heterocycles. The van der Waals surface area contributed by atoms with Gasteiger partial charge in [0, 0.05) is 0 Å². The summed E-state index contributed by atoms with van der Waals surface area (Å²) in [6, 6.07) is 21.7. The molecule has 2 atom stereocenters. The van der Waals surface area contributed by atoms with Gasteiger partial charge in [-0.1, -0.05) is 85.7 Å². The van der Waals surface area contributed by atoms with Crippen molar-refractivity contribution in [3.05, 3.63) is 88.5 Å². The molecule has 112 valence electrons. The minimum atomic E-state index is 0.519. The predicted molar refractivity (Wildman–Crippen MR) is 95.6 cm³/mol. The summed E-state index contributed by atoms with van der Waals surface area (Å²) >= 11 is 0. The van der Waals surface area contributed by atoms with Crippen LogP contribution in [0.5, 0.6) is 0 Å². The highest BCUT2D eigenvalue weighted by Gasteiger charge is 2.31. The maximum Gasteiger partial charge on any atom is -0.000605 e. The van der Waals surface area contributed by atoms with Crippen LogP contribution in [-0.2, 0) is 0 Å². The zero-order chi connectivity index (χ0) is 15.7. The second-order valence-electron chi connectivity index (χ2n) is 6.37. The van der Waals surface area contributed by atoms with E-state index in [0.717, 1.165) is 0 Å². The molecule has 22 heavy (non-hydrogen) atoms. The molecule has 0 radical (unpaired) electrons. The lowest BCUT2D eigenvalue weighted by Crippen LogP contribution is -2.05. The summed E-state index contributed by atoms with van der Waals surface area (Å²) < 4.78 is 0. The van der Waals surface area contributed by atoms with Crippen molar-refractivity contribution >= 4 is 5.57 Å². The maximum absolute atomic E-state index is 2.35. The molecule has 0 fully saturated rings. The summed E-state index contributed by atoms with van der Waals surface area (Å²) in [5, 5.41) is 0. The Bertz CT molecular complexity index is 656. The normalized spacial score (nSPS) is 21.4. The van der Waals surface area contributed by atoms with E-state index in [2.05, 4.69) is 88.4 Å². The molecular formula is C22H24. The second kappa shape index (κ2) is 5.96. The number of hydrogen-bond acceptors (Lipinski definition) is 0. The lowest BCUT2D eigenvalue weighted by molar-refractivity contribution is 0.746. The van der Waals surface area contributed by atoms with Gasteiger partial charge in [-0.05, 0) is 48.0 Å². The van der Waals surface area contributed by atoms with E-state index in [9.17, 15) is 0 Å². The summed E-state index contributed by atoms with van der Waals surface area (Å²) in [6.45, 7) is 9.28. The van der Waals surface area contributed by atoms with Crippen LogP contribution in [0, 0.1) is 11.8 Å². The van der Waals surface area contributed by atoms with Gasteiger partial charge in [0.2, 0.25) is 0 Å². The Morgan fingerprint density at radius 1 is 0.636 bits per heavy atom. The quantitative estimate of drug-likeness (QED) is 0.585. The van der Waals surface area contributed by atoms with Crippen LogP contribution in [-0.4, -0.2) is 0 Å². The number of benzene rings is 2. The molecule has 2 aromatic carbocycles. The molecule has 1 aliphatic rings. The van der Waals surface area contributed by atoms with Crippen LogP contribution in [0.1, 0.15) is 38.8 Å². The SMILES string of the molecule is CC1=C(C)C(C)C(=C(c2ccccc2)c2ccccc2)C1C. The third kappa shape index (κ3) is 2.43. The highest BCUT2D eigenvalue weighted by atomic mass is 14.4. The molecule has 3 rings (SSSR count). The van der Waals surface area contributed by atoms with E-state index in [4.69, 9.17) is 0 Å². The van der Waals surface area contributed by atoms with Gasteiger partial charge in [0.25, 0.3) is 0 Å². The van der Waals surface area contributed by atoms with Crippen molar-refractivity contribution in [3.8, 4) is 0 Å². The van der Waals surface area contributed by atoms with E-state index in [1.165, 1.54) is 27.8 Å². The molecule has 0 saturated carbocycles. The van der Waals surface area contributed by atoms with Crippen LogP contribution >= 0.6 is 0 Å². The number of hydrogen-bond donors (Lipinski definition) is 0. The zero-order valence-corrected chi connectivity index (χ0v) is 13.9. The van der Waals surface area contributed by atoms with Crippen LogP contribution in [0.4, 0.5) is 0 Å². The number of allylic oxidation sites excluding steroid dienone is 3. The zero-order valence-electron chi connectivity index (χ0n) is 13.9. The van der Waals surface area contributed by atoms with Gasteiger partial charge in [-0.3, -0.25) is 0 Å². The van der Waals surface area contributed by atoms with Crippen molar-refractivity contribution in [2.24, 2.45) is 11.8 Å². The van der Waals surface area contributed by atoms with Gasteiger partial charge in [-0.15, -0.1) is 0 Å². The third-order valence-corrected chi connectivity index (χ3v) is 5.27. The molecule has 0 nitrogen and oxygen atoms in total. The number of rotatable bonds is 2. The molecule has 0 bridgehead atoms. The van der Waals surface area contributed by atoms with Crippen LogP contribution in [0.25, 0.3) is 5.57 Å². The van der Waals surface area contributed by atoms with Crippen LogP contribution in [0.15, 0.2) is 77.4 Å². The van der Waals surface area contributed by atoms with Crippen molar-refractivity contribution in [1.82, 2.24) is 0 Å². The summed E-state index contributed by atoms with van der Waals surface area (Å²) in [4.78, 5) is 0. The lowest BCUT2D eigenvalue weighted by Gasteiger charge is -2.20. The molecule has 0 heteroatoms. The Morgan fingerprint density at radius 3 is 1.36 bits per heavy atom. The molecule has 0 saturated heterocycles. The van der Waals surface area contributed by atoms with Crippen molar-refractivity contribution in [1.29, 1.82) is 0 Å². The highest BCUT2D eigenvalue weighted by Crippen LogP contribution is 2.46. The fourth-order valence-corrected chi connectivity index (χ4v) is 3.67. The van der Waals surface area contributed by atoms with Crippen molar-refractivity contribution in [3.63, 3.8) is 0 Å². The van der Waals surface area contributed by atoms with Crippen LogP contribution in [0.2, 0.25) is 0 Å². The van der Waals surface area contributed by atoms with Gasteiger partial charge in [0.05, 0.1) is 0 Å². The first-order valence-electron chi connectivity index (χ1n) is 8.13. The van der Waals surface area contributed by atoms with E-state index in [1.807, 2.05) is 0 Å². The molecule has 0 heterocycles. The van der Waals surface area contributed by atoms with Crippen LogP contribution in [0.3, 0.4) is 0 Å². The Labute approximate surface area is 134 Å². The topological polar surface area (TPSA) is 0 Å². The Kier molecular flexibility index (Phi) is 4.02. The van der Waals surface area contributed by atoms with Gasteiger partial charge >= 0.3 is 0 Å². The minimum absolute atomic E-state index is 0.519. The van der Waals surface area contributed by atoms with Crippen molar-refractivity contribution < 1.29 is 0 Å². The molecule has 1 aliphatic carbocycles. The minimum Gasteiger partial charge on any atom is -0.0669 e. The van der Waals surface area contributed by atoms with E-state index < -0.39 is 0 Å². The Morgan fingerprint density at radius 2 is 1.00 bits per heavy atom. The summed E-state index contributed by atoms with van der Waals surface area (Å²) in [7, 11) is 0. The van der Waals surface area contributed by atoms with Gasteiger partial charge in [-0.2, -0.15) is 0 Å². The second-order valence-corrected chi connectivity index (χ2v) is 6.37. The standard InChI is InChI=1S/C22H24/c1-15-16(2)18(4)21(17(15)3)22(19-11-7-5-8-12-19)20-13-9-6-10-14-20/h5-14,17-18H,1-4H3. The first kappa shape index (κ1) is 14.8. The molecule has 2 aromatic rings. The summed E-state index contributed by atoms with van der Waals surface area (Å²) in [5.74, 6) is 1.04. The Balaban J connectivity index is 2.26. The monoisotopic (exact) mass is 288 g/mol. The smallest absolute Gasteiger partial charge is 0.000605 e. The lowest BCUT2D eigenvalue weighted by atomic mass is 9.83. The Hall–Kier alpha value is -2.08. The summed E-state index contributed by atoms with van der Waals surface area (Å²) in [5.41, 5.74) is 8.69. The fourth-order valence-electron chi connectivity index (χ4n) is 3.67. The maximum atomic E-state index is 2.35. The van der Waals surface area contributed by atoms with Crippen LogP contribution < -0.4 is 0 Å². The highest BCUT2D eigenvalue weighted by molar-refractivity contribution is 5.84.